The summed E-state index contributed by atoms with van der Waals surface area (Å²) in [5, 5.41) is 1.84. The number of carbonyl (C=O) groups is 1. The van der Waals surface area contributed by atoms with E-state index in [4.69, 9.17) is 9.47 Å². The molecule has 1 saturated carbocycles. The minimum Gasteiger partial charge on any atom is -0.497 e. The number of thiazole rings is 1. The van der Waals surface area contributed by atoms with E-state index in [2.05, 4.69) is 4.98 Å². The smallest absolute Gasteiger partial charge is 0.273 e. The Balaban J connectivity index is 1.48. The van der Waals surface area contributed by atoms with Crippen molar-refractivity contribution >= 4 is 17.2 Å². The van der Waals surface area contributed by atoms with Crippen LogP contribution >= 0.6 is 11.3 Å². The number of amides is 1. The van der Waals surface area contributed by atoms with Gasteiger partial charge in [0.15, 0.2) is 0 Å². The molecule has 2 fully saturated rings. The molecule has 0 bridgehead atoms. The standard InChI is InChI=1S/C21H26N2O3S/c1-25-17-5-7-18(8-6-17)26-12-16-11-21(9-3-2-4-10-21)14-23(16)20(24)19-13-27-15-22-19/h5-8,13,15-16H,2-4,9-12,14H2,1H3/t16-/m1/s1. The van der Waals surface area contributed by atoms with Crippen LogP contribution in [0.2, 0.25) is 0 Å². The number of nitrogens with zero attached hydrogens (tertiary/aromatic N) is 2. The molecule has 6 heteroatoms. The molecular weight excluding hydrogens is 360 g/mol. The molecule has 1 amide bonds. The molecular formula is C21H26N2O3S. The van der Waals surface area contributed by atoms with E-state index in [0.29, 0.717) is 12.3 Å². The quantitative estimate of drug-likeness (QED) is 0.764. The van der Waals surface area contributed by atoms with Crippen LogP contribution in [0.25, 0.3) is 0 Å². The summed E-state index contributed by atoms with van der Waals surface area (Å²) >= 11 is 1.47. The van der Waals surface area contributed by atoms with E-state index in [0.717, 1.165) is 24.5 Å². The van der Waals surface area contributed by atoms with E-state index in [-0.39, 0.29) is 17.4 Å². The van der Waals surface area contributed by atoms with Gasteiger partial charge in [-0.1, -0.05) is 19.3 Å². The third-order valence-corrected chi connectivity index (χ3v) is 6.53. The molecule has 2 aliphatic rings. The highest BCUT2D eigenvalue weighted by Crippen LogP contribution is 2.46. The molecule has 1 atom stereocenters. The van der Waals surface area contributed by atoms with Crippen LogP contribution in [0.1, 0.15) is 49.0 Å². The van der Waals surface area contributed by atoms with E-state index in [1.54, 1.807) is 12.6 Å². The second-order valence-corrected chi connectivity index (χ2v) is 8.43. The number of likely N-dealkylation sites (tertiary alicyclic amines) is 1. The molecule has 27 heavy (non-hydrogen) atoms. The van der Waals surface area contributed by atoms with Crippen molar-refractivity contribution < 1.29 is 14.3 Å². The minimum atomic E-state index is 0.0435. The number of benzene rings is 1. The first-order chi connectivity index (χ1) is 13.2. The average Bonchev–Trinajstić information content (AvgIpc) is 3.36. The van der Waals surface area contributed by atoms with Crippen molar-refractivity contribution in [1.29, 1.82) is 0 Å². The fraction of sp³-hybridized carbons (Fsp3) is 0.524. The first kappa shape index (κ1) is 18.3. The Morgan fingerprint density at radius 3 is 2.63 bits per heavy atom. The summed E-state index contributed by atoms with van der Waals surface area (Å²) in [5.74, 6) is 1.66. The van der Waals surface area contributed by atoms with Crippen LogP contribution in [0, 0.1) is 5.41 Å². The molecule has 4 rings (SSSR count). The van der Waals surface area contributed by atoms with Gasteiger partial charge in [0.2, 0.25) is 0 Å². The molecule has 0 N–H and O–H groups in total. The van der Waals surface area contributed by atoms with Crippen molar-refractivity contribution in [3.63, 3.8) is 0 Å². The van der Waals surface area contributed by atoms with Gasteiger partial charge in [0.05, 0.1) is 18.7 Å². The molecule has 1 aliphatic heterocycles. The second-order valence-electron chi connectivity index (χ2n) is 7.71. The lowest BCUT2D eigenvalue weighted by molar-refractivity contribution is 0.0669. The van der Waals surface area contributed by atoms with Crippen molar-refractivity contribution in [2.75, 3.05) is 20.3 Å². The molecule has 0 radical (unpaired) electrons. The van der Waals surface area contributed by atoms with Gasteiger partial charge in [-0.25, -0.2) is 4.98 Å². The lowest BCUT2D eigenvalue weighted by Crippen LogP contribution is -2.39. The van der Waals surface area contributed by atoms with Gasteiger partial charge < -0.3 is 14.4 Å². The largest absolute Gasteiger partial charge is 0.497 e. The highest BCUT2D eigenvalue weighted by Gasteiger charge is 2.46. The molecule has 2 aromatic rings. The molecule has 2 heterocycles. The van der Waals surface area contributed by atoms with Gasteiger partial charge >= 0.3 is 0 Å². The summed E-state index contributed by atoms with van der Waals surface area (Å²) in [7, 11) is 1.65. The zero-order chi connectivity index (χ0) is 18.7. The first-order valence-electron chi connectivity index (χ1n) is 9.65. The maximum absolute atomic E-state index is 13.0. The third-order valence-electron chi connectivity index (χ3n) is 5.94. The Labute approximate surface area is 164 Å². The van der Waals surface area contributed by atoms with Crippen LogP contribution in [-0.2, 0) is 0 Å². The van der Waals surface area contributed by atoms with Gasteiger partial charge in [0.1, 0.15) is 23.8 Å². The Morgan fingerprint density at radius 1 is 1.22 bits per heavy atom. The van der Waals surface area contributed by atoms with Gasteiger partial charge in [-0.3, -0.25) is 4.79 Å². The van der Waals surface area contributed by atoms with Crippen LogP contribution in [0.5, 0.6) is 11.5 Å². The first-order valence-corrected chi connectivity index (χ1v) is 10.6. The fourth-order valence-electron chi connectivity index (χ4n) is 4.55. The van der Waals surface area contributed by atoms with Crippen LogP contribution in [0.4, 0.5) is 0 Å². The summed E-state index contributed by atoms with van der Waals surface area (Å²) in [6.07, 6.45) is 7.31. The number of carbonyl (C=O) groups excluding carboxylic acids is 1. The van der Waals surface area contributed by atoms with Crippen LogP contribution in [0.3, 0.4) is 0 Å². The third kappa shape index (κ3) is 3.95. The number of aromatic nitrogens is 1. The van der Waals surface area contributed by atoms with Crippen molar-refractivity contribution in [2.24, 2.45) is 5.41 Å². The fourth-order valence-corrected chi connectivity index (χ4v) is 5.07. The van der Waals surface area contributed by atoms with Gasteiger partial charge in [0.25, 0.3) is 5.91 Å². The van der Waals surface area contributed by atoms with Gasteiger partial charge in [0, 0.05) is 11.9 Å². The van der Waals surface area contributed by atoms with Crippen molar-refractivity contribution in [2.45, 2.75) is 44.6 Å². The monoisotopic (exact) mass is 386 g/mol. The average molecular weight is 387 g/mol. The normalized spacial score (nSPS) is 21.4. The zero-order valence-electron chi connectivity index (χ0n) is 15.7. The van der Waals surface area contributed by atoms with Gasteiger partial charge in [-0.05, 0) is 48.9 Å². The zero-order valence-corrected chi connectivity index (χ0v) is 16.5. The number of ether oxygens (including phenoxy) is 2. The highest BCUT2D eigenvalue weighted by molar-refractivity contribution is 7.07. The molecule has 1 saturated heterocycles. The van der Waals surface area contributed by atoms with E-state index < -0.39 is 0 Å². The Morgan fingerprint density at radius 2 is 1.96 bits per heavy atom. The van der Waals surface area contributed by atoms with E-state index in [1.165, 1.54) is 43.4 Å². The maximum atomic E-state index is 13.0. The highest BCUT2D eigenvalue weighted by atomic mass is 32.1. The number of hydrogen-bond acceptors (Lipinski definition) is 5. The van der Waals surface area contributed by atoms with E-state index >= 15 is 0 Å². The number of rotatable bonds is 5. The summed E-state index contributed by atoms with van der Waals surface area (Å²) in [6.45, 7) is 1.35. The topological polar surface area (TPSA) is 51.7 Å². The minimum absolute atomic E-state index is 0.0435. The molecule has 5 nitrogen and oxygen atoms in total. The summed E-state index contributed by atoms with van der Waals surface area (Å²) < 4.78 is 11.3. The molecule has 1 aliphatic carbocycles. The van der Waals surface area contributed by atoms with E-state index in [9.17, 15) is 4.79 Å². The maximum Gasteiger partial charge on any atom is 0.273 e. The second kappa shape index (κ2) is 7.89. The summed E-state index contributed by atoms with van der Waals surface area (Å²) in [4.78, 5) is 19.3. The van der Waals surface area contributed by atoms with Crippen molar-refractivity contribution in [3.05, 3.63) is 40.8 Å². The number of hydrogen-bond donors (Lipinski definition) is 0. The lowest BCUT2D eigenvalue weighted by atomic mass is 9.73. The summed E-state index contributed by atoms with van der Waals surface area (Å²) in [6, 6.07) is 7.71. The molecule has 144 valence electrons. The van der Waals surface area contributed by atoms with Crippen LogP contribution in [-0.4, -0.2) is 42.1 Å². The SMILES string of the molecule is COc1ccc(OC[C@H]2CC3(CCCCC3)CN2C(=O)c2cscn2)cc1. The predicted molar refractivity (Wildman–Crippen MR) is 106 cm³/mol. The van der Waals surface area contributed by atoms with E-state index in [1.807, 2.05) is 34.5 Å². The molecule has 1 aromatic carbocycles. The molecule has 1 spiro atoms. The van der Waals surface area contributed by atoms with Gasteiger partial charge in [-0.2, -0.15) is 0 Å². The molecule has 0 unspecified atom stereocenters. The Bertz CT molecular complexity index is 754. The number of methoxy groups -OCH3 is 1. The Kier molecular flexibility index (Phi) is 5.34. The lowest BCUT2D eigenvalue weighted by Gasteiger charge is -2.33. The van der Waals surface area contributed by atoms with Gasteiger partial charge in [-0.15, -0.1) is 11.3 Å². The predicted octanol–water partition coefficient (Wildman–Crippen LogP) is 4.40. The van der Waals surface area contributed by atoms with Crippen molar-refractivity contribution in [1.82, 2.24) is 9.88 Å². The summed E-state index contributed by atoms with van der Waals surface area (Å²) in [5.41, 5.74) is 2.54. The van der Waals surface area contributed by atoms with Crippen LogP contribution in [0.15, 0.2) is 35.2 Å². The Hall–Kier alpha value is -2.08. The van der Waals surface area contributed by atoms with Crippen LogP contribution < -0.4 is 9.47 Å². The van der Waals surface area contributed by atoms with Crippen molar-refractivity contribution in [3.8, 4) is 11.5 Å². The molecule has 1 aromatic heterocycles.